The van der Waals surface area contributed by atoms with Crippen molar-refractivity contribution in [2.45, 2.75) is 26.7 Å². The average Bonchev–Trinajstić information content (AvgIpc) is 3.24. The molecule has 0 aromatic heterocycles. The van der Waals surface area contributed by atoms with Gasteiger partial charge in [0.05, 0.1) is 23.8 Å². The third-order valence-electron chi connectivity index (χ3n) is 4.69. The fourth-order valence-corrected chi connectivity index (χ4v) is 3.38. The Hall–Kier alpha value is -3.29. The highest BCUT2D eigenvalue weighted by atomic mass is 16.6. The number of carbonyl (C=O) groups excluding carboxylic acids is 1. The number of ether oxygens (including phenoxy) is 2. The molecule has 2 aromatic rings. The number of anilines is 2. The molecule has 1 aliphatic heterocycles. The van der Waals surface area contributed by atoms with Crippen molar-refractivity contribution in [3.63, 3.8) is 0 Å². The Kier molecular flexibility index (Phi) is 6.54. The highest BCUT2D eigenvalue weighted by Crippen LogP contribution is 2.33. The van der Waals surface area contributed by atoms with Crippen LogP contribution in [-0.2, 0) is 0 Å². The largest absolute Gasteiger partial charge is 0.494 e. The second kappa shape index (κ2) is 9.27. The van der Waals surface area contributed by atoms with Gasteiger partial charge in [0.25, 0.3) is 11.6 Å². The van der Waals surface area contributed by atoms with Crippen LogP contribution in [0.3, 0.4) is 0 Å². The van der Waals surface area contributed by atoms with E-state index in [2.05, 4.69) is 5.32 Å². The summed E-state index contributed by atoms with van der Waals surface area (Å²) < 4.78 is 11.1. The Morgan fingerprint density at radius 1 is 1.10 bits per heavy atom. The molecule has 3 rings (SSSR count). The van der Waals surface area contributed by atoms with Crippen molar-refractivity contribution in [1.29, 1.82) is 0 Å². The molecule has 0 spiro atoms. The molecule has 8 heteroatoms. The smallest absolute Gasteiger partial charge is 0.293 e. The van der Waals surface area contributed by atoms with Crippen LogP contribution in [0.1, 0.15) is 37.0 Å². The minimum atomic E-state index is -0.448. The maximum Gasteiger partial charge on any atom is 0.293 e. The van der Waals surface area contributed by atoms with Crippen LogP contribution in [0.15, 0.2) is 36.4 Å². The lowest BCUT2D eigenvalue weighted by atomic mass is 10.1. The predicted octanol–water partition coefficient (Wildman–Crippen LogP) is 4.24. The van der Waals surface area contributed by atoms with Crippen molar-refractivity contribution >= 4 is 23.0 Å². The van der Waals surface area contributed by atoms with E-state index in [1.807, 2.05) is 18.7 Å². The summed E-state index contributed by atoms with van der Waals surface area (Å²) in [5.41, 5.74) is 1.16. The van der Waals surface area contributed by atoms with Crippen LogP contribution in [0.2, 0.25) is 0 Å². The van der Waals surface area contributed by atoms with Crippen LogP contribution in [0.4, 0.5) is 17.1 Å². The van der Waals surface area contributed by atoms with E-state index in [4.69, 9.17) is 9.47 Å². The van der Waals surface area contributed by atoms with Gasteiger partial charge in [-0.1, -0.05) is 0 Å². The Morgan fingerprint density at radius 2 is 1.83 bits per heavy atom. The van der Waals surface area contributed by atoms with Gasteiger partial charge in [0.1, 0.15) is 17.2 Å². The first-order valence-electron chi connectivity index (χ1n) is 9.77. The summed E-state index contributed by atoms with van der Waals surface area (Å²) in [6.45, 7) is 6.22. The quantitative estimate of drug-likeness (QED) is 0.527. The van der Waals surface area contributed by atoms with E-state index < -0.39 is 10.8 Å². The van der Waals surface area contributed by atoms with Crippen LogP contribution in [0.5, 0.6) is 11.5 Å². The Bertz CT molecular complexity index is 894. The summed E-state index contributed by atoms with van der Waals surface area (Å²) in [6.07, 6.45) is 2.02. The third-order valence-corrected chi connectivity index (χ3v) is 4.69. The number of amides is 1. The zero-order valence-electron chi connectivity index (χ0n) is 16.6. The number of rotatable bonds is 8. The van der Waals surface area contributed by atoms with Crippen molar-refractivity contribution in [3.8, 4) is 11.5 Å². The van der Waals surface area contributed by atoms with Gasteiger partial charge in [0.2, 0.25) is 0 Å². The predicted molar refractivity (Wildman–Crippen MR) is 111 cm³/mol. The molecule has 0 saturated carbocycles. The van der Waals surface area contributed by atoms with Gasteiger partial charge in [0.15, 0.2) is 0 Å². The number of nitro benzene ring substituents is 1. The van der Waals surface area contributed by atoms with E-state index in [1.165, 1.54) is 6.07 Å². The van der Waals surface area contributed by atoms with Gasteiger partial charge < -0.3 is 19.7 Å². The van der Waals surface area contributed by atoms with E-state index in [9.17, 15) is 14.9 Å². The van der Waals surface area contributed by atoms with Gasteiger partial charge in [-0.2, -0.15) is 0 Å². The number of nitrogens with one attached hydrogen (secondary N) is 1. The molecule has 0 bridgehead atoms. The van der Waals surface area contributed by atoms with Crippen molar-refractivity contribution in [3.05, 3.63) is 52.1 Å². The third kappa shape index (κ3) is 4.77. The summed E-state index contributed by atoms with van der Waals surface area (Å²) in [5, 5.41) is 14.4. The molecule has 29 heavy (non-hydrogen) atoms. The van der Waals surface area contributed by atoms with E-state index in [-0.39, 0.29) is 11.3 Å². The number of hydrogen-bond acceptors (Lipinski definition) is 6. The van der Waals surface area contributed by atoms with Gasteiger partial charge in [-0.3, -0.25) is 14.9 Å². The molecule has 154 valence electrons. The molecule has 1 amide bonds. The van der Waals surface area contributed by atoms with Crippen molar-refractivity contribution in [2.75, 3.05) is 36.5 Å². The molecule has 8 nitrogen and oxygen atoms in total. The Morgan fingerprint density at radius 3 is 2.48 bits per heavy atom. The summed E-state index contributed by atoms with van der Waals surface area (Å²) in [6, 6.07) is 9.76. The Balaban J connectivity index is 1.87. The molecule has 1 saturated heterocycles. The maximum absolute atomic E-state index is 12.8. The van der Waals surface area contributed by atoms with Gasteiger partial charge in [0, 0.05) is 30.8 Å². The standard InChI is InChI=1S/C21H25N3O5/c1-3-28-16-8-10-20(29-4-2)17(14-16)22-21(25)15-7-9-18(19(13-15)24(26)27)23-11-5-6-12-23/h7-10,13-14H,3-6,11-12H2,1-2H3,(H,22,25). The molecular formula is C21H25N3O5. The van der Waals surface area contributed by atoms with Gasteiger partial charge >= 0.3 is 0 Å². The van der Waals surface area contributed by atoms with Crippen LogP contribution >= 0.6 is 0 Å². The number of carbonyl (C=O) groups is 1. The van der Waals surface area contributed by atoms with Crippen molar-refractivity contribution in [2.24, 2.45) is 0 Å². The van der Waals surface area contributed by atoms with Gasteiger partial charge in [-0.25, -0.2) is 0 Å². The van der Waals surface area contributed by atoms with Gasteiger partial charge in [-0.15, -0.1) is 0 Å². The first-order chi connectivity index (χ1) is 14.0. The highest BCUT2D eigenvalue weighted by molar-refractivity contribution is 6.06. The minimum Gasteiger partial charge on any atom is -0.494 e. The first kappa shape index (κ1) is 20.4. The van der Waals surface area contributed by atoms with Crippen LogP contribution < -0.4 is 19.7 Å². The fourth-order valence-electron chi connectivity index (χ4n) is 3.38. The van der Waals surface area contributed by atoms with Crippen molar-refractivity contribution < 1.29 is 19.2 Å². The summed E-state index contributed by atoms with van der Waals surface area (Å²) >= 11 is 0. The molecule has 1 aliphatic rings. The molecule has 2 aromatic carbocycles. The maximum atomic E-state index is 12.8. The lowest BCUT2D eigenvalue weighted by Gasteiger charge is -2.18. The van der Waals surface area contributed by atoms with E-state index in [0.29, 0.717) is 36.1 Å². The Labute approximate surface area is 169 Å². The van der Waals surface area contributed by atoms with Crippen molar-refractivity contribution in [1.82, 2.24) is 0 Å². The number of nitrogens with zero attached hydrogens (tertiary/aromatic N) is 2. The number of nitro groups is 1. The van der Waals surface area contributed by atoms with Crippen LogP contribution in [-0.4, -0.2) is 37.1 Å². The number of benzene rings is 2. The molecule has 1 heterocycles. The lowest BCUT2D eigenvalue weighted by Crippen LogP contribution is -2.20. The summed E-state index contributed by atoms with van der Waals surface area (Å²) in [7, 11) is 0. The second-order valence-corrected chi connectivity index (χ2v) is 6.63. The number of hydrogen-bond donors (Lipinski definition) is 1. The zero-order valence-corrected chi connectivity index (χ0v) is 16.6. The lowest BCUT2D eigenvalue weighted by molar-refractivity contribution is -0.384. The average molecular weight is 399 g/mol. The minimum absolute atomic E-state index is 0.0624. The SMILES string of the molecule is CCOc1ccc(OCC)c(NC(=O)c2ccc(N3CCCC3)c([N+](=O)[O-])c2)c1. The molecule has 0 unspecified atom stereocenters. The molecular weight excluding hydrogens is 374 g/mol. The molecule has 0 atom stereocenters. The van der Waals surface area contributed by atoms with Gasteiger partial charge in [-0.05, 0) is 51.0 Å². The fraction of sp³-hybridized carbons (Fsp3) is 0.381. The first-order valence-corrected chi connectivity index (χ1v) is 9.77. The highest BCUT2D eigenvalue weighted by Gasteiger charge is 2.24. The van der Waals surface area contributed by atoms with E-state index in [1.54, 1.807) is 30.3 Å². The van der Waals surface area contributed by atoms with Crippen LogP contribution in [0.25, 0.3) is 0 Å². The zero-order chi connectivity index (χ0) is 20.8. The van der Waals surface area contributed by atoms with Crippen LogP contribution in [0, 0.1) is 10.1 Å². The summed E-state index contributed by atoms with van der Waals surface area (Å²) in [4.78, 5) is 25.9. The molecule has 1 fully saturated rings. The molecule has 0 aliphatic carbocycles. The molecule has 0 radical (unpaired) electrons. The summed E-state index contributed by atoms with van der Waals surface area (Å²) in [5.74, 6) is 0.657. The van der Waals surface area contributed by atoms with E-state index in [0.717, 1.165) is 25.9 Å². The molecule has 1 N–H and O–H groups in total. The normalized spacial score (nSPS) is 13.2. The van der Waals surface area contributed by atoms with E-state index >= 15 is 0 Å². The topological polar surface area (TPSA) is 93.9 Å². The second-order valence-electron chi connectivity index (χ2n) is 6.63. The monoisotopic (exact) mass is 399 g/mol.